The van der Waals surface area contributed by atoms with Crippen LogP contribution < -0.4 is 15.4 Å². The number of anilines is 2. The summed E-state index contributed by atoms with van der Waals surface area (Å²) in [5.41, 5.74) is 0. The molecular formula is C27H43N5O8. The molecule has 13 nitrogen and oxygen atoms in total. The quantitative estimate of drug-likeness (QED) is 0.381. The van der Waals surface area contributed by atoms with Gasteiger partial charge in [0.1, 0.15) is 31.0 Å². The lowest BCUT2D eigenvalue weighted by Crippen LogP contribution is -2.56. The first-order valence-electron chi connectivity index (χ1n) is 14.7. The topological polar surface area (TPSA) is 159 Å². The lowest BCUT2D eigenvalue weighted by atomic mass is 9.93. The van der Waals surface area contributed by atoms with E-state index in [0.717, 1.165) is 51.4 Å². The molecule has 1 aromatic heterocycles. The number of hydrogen-bond acceptors (Lipinski definition) is 13. The normalized spacial score (nSPS) is 40.2. The first-order chi connectivity index (χ1) is 19.0. The molecule has 6 rings (SSSR count). The Morgan fingerprint density at radius 1 is 0.700 bits per heavy atom. The molecule has 2 saturated carbocycles. The maximum absolute atomic E-state index is 9.89. The third-order valence-corrected chi connectivity index (χ3v) is 8.30. The molecule has 3 saturated heterocycles. The fraction of sp³-hybridized carbons (Fsp3) is 0.889. The fourth-order valence-corrected chi connectivity index (χ4v) is 6.34. The summed E-state index contributed by atoms with van der Waals surface area (Å²) in [6.45, 7) is 7.56. The summed E-state index contributed by atoms with van der Waals surface area (Å²) in [5.74, 6) is -0.762. The van der Waals surface area contributed by atoms with Gasteiger partial charge in [-0.25, -0.2) is 0 Å². The Labute approximate surface area is 234 Å². The highest BCUT2D eigenvalue weighted by molar-refractivity contribution is 5.37. The Balaban J connectivity index is 1.17. The highest BCUT2D eigenvalue weighted by atomic mass is 16.9. The summed E-state index contributed by atoms with van der Waals surface area (Å²) >= 11 is 0. The fourth-order valence-electron chi connectivity index (χ4n) is 6.34. The number of rotatable bonds is 7. The van der Waals surface area contributed by atoms with E-state index in [-0.39, 0.29) is 43.0 Å². The third-order valence-electron chi connectivity index (χ3n) is 8.30. The zero-order valence-corrected chi connectivity index (χ0v) is 23.7. The first kappa shape index (κ1) is 28.3. The molecule has 0 bridgehead atoms. The largest absolute Gasteiger partial charge is 0.460 e. The number of aliphatic hydroxyl groups is 2. The summed E-state index contributed by atoms with van der Waals surface area (Å²) in [5, 5.41) is 26.6. The molecule has 0 unspecified atom stereocenters. The molecule has 40 heavy (non-hydrogen) atoms. The lowest BCUT2D eigenvalue weighted by Gasteiger charge is -2.36. The van der Waals surface area contributed by atoms with Crippen LogP contribution >= 0.6 is 0 Å². The van der Waals surface area contributed by atoms with Gasteiger partial charge >= 0.3 is 6.01 Å². The van der Waals surface area contributed by atoms with Gasteiger partial charge in [0.05, 0.1) is 12.2 Å². The van der Waals surface area contributed by atoms with Crippen molar-refractivity contribution in [3.8, 4) is 6.01 Å². The van der Waals surface area contributed by atoms with Gasteiger partial charge in [0, 0.05) is 12.1 Å². The second-order valence-corrected chi connectivity index (χ2v) is 12.6. The summed E-state index contributed by atoms with van der Waals surface area (Å²) < 4.78 is 36.9. The molecule has 5 fully saturated rings. The predicted molar refractivity (Wildman–Crippen MR) is 142 cm³/mol. The SMILES string of the molecule is CC1(C)O[C@H]2[C@@H](O1)[C@@H](COc1nc(NC3CCC(O)CC3)nc(NC3CCC(O)CC3)n1)O[C@@H]1OC(C)(C)O[C@@H]12. The highest BCUT2D eigenvalue weighted by Crippen LogP contribution is 2.44. The van der Waals surface area contributed by atoms with Crippen LogP contribution in [0.25, 0.3) is 0 Å². The summed E-state index contributed by atoms with van der Waals surface area (Å²) in [6.07, 6.45) is 3.47. The molecular weight excluding hydrogens is 522 g/mol. The van der Waals surface area contributed by atoms with Gasteiger partial charge in [-0.2, -0.15) is 15.0 Å². The Morgan fingerprint density at radius 3 is 1.77 bits per heavy atom. The third kappa shape index (κ3) is 6.45. The molecule has 5 atom stereocenters. The van der Waals surface area contributed by atoms with Crippen molar-refractivity contribution >= 4 is 11.9 Å². The van der Waals surface area contributed by atoms with Gasteiger partial charge in [-0.15, -0.1) is 0 Å². The van der Waals surface area contributed by atoms with E-state index in [1.807, 2.05) is 27.7 Å². The minimum Gasteiger partial charge on any atom is -0.460 e. The Kier molecular flexibility index (Phi) is 7.83. The van der Waals surface area contributed by atoms with Gasteiger partial charge in [-0.3, -0.25) is 0 Å². The molecule has 2 aliphatic carbocycles. The second kappa shape index (κ2) is 11.1. The van der Waals surface area contributed by atoms with Crippen molar-refractivity contribution in [2.75, 3.05) is 17.2 Å². The average molecular weight is 566 g/mol. The number of nitrogens with one attached hydrogen (secondary N) is 2. The number of hydrogen-bond donors (Lipinski definition) is 4. The van der Waals surface area contributed by atoms with E-state index in [2.05, 4.69) is 25.6 Å². The zero-order valence-electron chi connectivity index (χ0n) is 23.7. The molecule has 0 amide bonds. The molecule has 0 aromatic carbocycles. The molecule has 4 heterocycles. The number of fused-ring (bicyclic) bond motifs is 3. The van der Waals surface area contributed by atoms with E-state index in [1.54, 1.807) is 0 Å². The van der Waals surface area contributed by atoms with Gasteiger partial charge in [0.25, 0.3) is 0 Å². The molecule has 0 radical (unpaired) electrons. The Hall–Kier alpha value is -1.87. The van der Waals surface area contributed by atoms with E-state index in [1.165, 1.54) is 0 Å². The molecule has 3 aliphatic heterocycles. The number of ether oxygens (including phenoxy) is 6. The van der Waals surface area contributed by atoms with Crippen molar-refractivity contribution in [1.82, 2.24) is 15.0 Å². The van der Waals surface area contributed by atoms with Crippen LogP contribution in [-0.2, 0) is 23.7 Å². The van der Waals surface area contributed by atoms with Crippen LogP contribution in [0.1, 0.15) is 79.1 Å². The number of nitrogens with zero attached hydrogens (tertiary/aromatic N) is 3. The van der Waals surface area contributed by atoms with Crippen molar-refractivity contribution < 1.29 is 38.6 Å². The van der Waals surface area contributed by atoms with Crippen LogP contribution in [0.3, 0.4) is 0 Å². The minimum absolute atomic E-state index is 0.113. The average Bonchev–Trinajstić information content (AvgIpc) is 3.39. The van der Waals surface area contributed by atoms with Gasteiger partial charge in [0.2, 0.25) is 11.9 Å². The highest BCUT2D eigenvalue weighted by Gasteiger charge is 2.60. The van der Waals surface area contributed by atoms with Gasteiger partial charge in [0.15, 0.2) is 17.9 Å². The molecule has 5 aliphatic rings. The number of aromatic nitrogens is 3. The maximum atomic E-state index is 9.89. The van der Waals surface area contributed by atoms with Gasteiger partial charge in [-0.05, 0) is 79.1 Å². The molecule has 0 spiro atoms. The number of aliphatic hydroxyl groups excluding tert-OH is 2. The molecule has 4 N–H and O–H groups in total. The van der Waals surface area contributed by atoms with Crippen molar-refractivity contribution in [1.29, 1.82) is 0 Å². The van der Waals surface area contributed by atoms with E-state index < -0.39 is 36.2 Å². The van der Waals surface area contributed by atoms with Crippen molar-refractivity contribution in [2.45, 2.75) is 146 Å². The first-order valence-corrected chi connectivity index (χ1v) is 14.7. The summed E-state index contributed by atoms with van der Waals surface area (Å²) in [7, 11) is 0. The summed E-state index contributed by atoms with van der Waals surface area (Å²) in [4.78, 5) is 13.7. The van der Waals surface area contributed by atoms with E-state index in [4.69, 9.17) is 28.4 Å². The smallest absolute Gasteiger partial charge is 0.323 e. The monoisotopic (exact) mass is 565 g/mol. The second-order valence-electron chi connectivity index (χ2n) is 12.6. The van der Waals surface area contributed by atoms with Crippen molar-refractivity contribution in [2.24, 2.45) is 0 Å². The van der Waals surface area contributed by atoms with E-state index >= 15 is 0 Å². The molecule has 13 heteroatoms. The van der Waals surface area contributed by atoms with Crippen LogP contribution in [0.15, 0.2) is 0 Å². The maximum Gasteiger partial charge on any atom is 0.323 e. The van der Waals surface area contributed by atoms with Crippen LogP contribution in [0.2, 0.25) is 0 Å². The summed E-state index contributed by atoms with van der Waals surface area (Å²) in [6, 6.07) is 0.478. The molecule has 1 aromatic rings. The Bertz CT molecular complexity index is 988. The van der Waals surface area contributed by atoms with Crippen LogP contribution in [0.5, 0.6) is 6.01 Å². The van der Waals surface area contributed by atoms with E-state index in [9.17, 15) is 10.2 Å². The van der Waals surface area contributed by atoms with Gasteiger partial charge in [-0.1, -0.05) is 0 Å². The van der Waals surface area contributed by atoms with Crippen LogP contribution in [0, 0.1) is 0 Å². The van der Waals surface area contributed by atoms with Gasteiger partial charge < -0.3 is 49.3 Å². The standard InChI is InChI=1S/C27H43N5O8/c1-26(2)37-19-18(36-22-21(20(19)38-26)39-27(3,4)40-22)13-35-25-31-23(28-14-5-9-16(33)10-6-14)30-24(32-25)29-15-7-11-17(34)12-8-15/h14-22,33-34H,5-13H2,1-4H3,(H2,28,29,30,31,32)/t14?,15?,16?,17?,18-,19+,20+,21-,22-/m1/s1. The Morgan fingerprint density at radius 2 is 1.20 bits per heavy atom. The molecule has 224 valence electrons. The minimum atomic E-state index is -0.801. The van der Waals surface area contributed by atoms with Crippen LogP contribution in [-0.4, -0.2) is 98.3 Å². The zero-order chi connectivity index (χ0) is 28.1. The van der Waals surface area contributed by atoms with Crippen molar-refractivity contribution in [3.63, 3.8) is 0 Å². The van der Waals surface area contributed by atoms with E-state index in [0.29, 0.717) is 11.9 Å². The van der Waals surface area contributed by atoms with Crippen molar-refractivity contribution in [3.05, 3.63) is 0 Å². The lowest BCUT2D eigenvalue weighted by molar-refractivity contribution is -0.238. The predicted octanol–water partition coefficient (Wildman–Crippen LogP) is 2.08. The van der Waals surface area contributed by atoms with Crippen LogP contribution in [0.4, 0.5) is 11.9 Å².